The normalized spacial score (nSPS) is 19.1. The van der Waals surface area contributed by atoms with Crippen molar-refractivity contribution in [2.45, 2.75) is 45.4 Å². The van der Waals surface area contributed by atoms with E-state index in [1.54, 1.807) is 4.31 Å². The zero-order chi connectivity index (χ0) is 26.3. The summed E-state index contributed by atoms with van der Waals surface area (Å²) >= 11 is 0. The van der Waals surface area contributed by atoms with Gasteiger partial charge >= 0.3 is 0 Å². The standard InChI is InChI=1S/C29H37N3O4S/c1-18(2)22-12-20-4-5-21(13-23(20)14-22)24-15-25-27(17-31-28(25)26(16-24)29(30)33)19-6-8-32(9-7-19)37(34,35)11-10-36-3/h4-5,13,15-19,22,31H,6-12,14H2,1-3H3,(H2,30,33). The zero-order valence-electron chi connectivity index (χ0n) is 21.9. The highest BCUT2D eigenvalue weighted by atomic mass is 32.2. The van der Waals surface area contributed by atoms with Crippen molar-refractivity contribution in [3.8, 4) is 11.1 Å². The predicted molar refractivity (Wildman–Crippen MR) is 147 cm³/mol. The van der Waals surface area contributed by atoms with E-state index in [9.17, 15) is 13.2 Å². The van der Waals surface area contributed by atoms with Crippen molar-refractivity contribution in [3.05, 3.63) is 58.8 Å². The van der Waals surface area contributed by atoms with Crippen LogP contribution >= 0.6 is 0 Å². The van der Waals surface area contributed by atoms with Crippen LogP contribution in [0.2, 0.25) is 0 Å². The molecule has 1 aromatic heterocycles. The first-order chi connectivity index (χ1) is 17.7. The maximum absolute atomic E-state index is 12.6. The van der Waals surface area contributed by atoms with E-state index in [1.807, 2.05) is 12.3 Å². The molecule has 3 aromatic rings. The number of H-pyrrole nitrogens is 1. The molecule has 0 saturated carbocycles. The van der Waals surface area contributed by atoms with Gasteiger partial charge in [0.05, 0.1) is 23.4 Å². The number of sulfonamides is 1. The van der Waals surface area contributed by atoms with Crippen molar-refractivity contribution < 1.29 is 17.9 Å². The third-order valence-corrected chi connectivity index (χ3v) is 10.2. The number of fused-ring (bicyclic) bond motifs is 2. The van der Waals surface area contributed by atoms with Gasteiger partial charge in [-0.3, -0.25) is 4.79 Å². The second-order valence-electron chi connectivity index (χ2n) is 10.9. The number of ether oxygens (including phenoxy) is 1. The van der Waals surface area contributed by atoms with E-state index >= 15 is 0 Å². The van der Waals surface area contributed by atoms with Gasteiger partial charge in [-0.1, -0.05) is 32.0 Å². The molecule has 2 heterocycles. The van der Waals surface area contributed by atoms with Gasteiger partial charge in [-0.15, -0.1) is 0 Å². The lowest BCUT2D eigenvalue weighted by Crippen LogP contribution is -2.39. The Morgan fingerprint density at radius 2 is 1.84 bits per heavy atom. The smallest absolute Gasteiger partial charge is 0.250 e. The van der Waals surface area contributed by atoms with Crippen molar-refractivity contribution in [1.29, 1.82) is 0 Å². The first-order valence-corrected chi connectivity index (χ1v) is 14.8. The highest BCUT2D eigenvalue weighted by molar-refractivity contribution is 7.89. The maximum Gasteiger partial charge on any atom is 0.250 e. The van der Waals surface area contributed by atoms with Gasteiger partial charge in [0, 0.05) is 31.8 Å². The van der Waals surface area contributed by atoms with Crippen LogP contribution in [0.5, 0.6) is 0 Å². The van der Waals surface area contributed by atoms with E-state index < -0.39 is 15.9 Å². The van der Waals surface area contributed by atoms with Crippen molar-refractivity contribution in [1.82, 2.24) is 9.29 Å². The van der Waals surface area contributed by atoms with E-state index in [0.717, 1.165) is 53.3 Å². The highest BCUT2D eigenvalue weighted by Crippen LogP contribution is 2.39. The number of carbonyl (C=O) groups excluding carboxylic acids is 1. The molecule has 1 unspecified atom stereocenters. The van der Waals surface area contributed by atoms with Gasteiger partial charge in [-0.25, -0.2) is 12.7 Å². The number of rotatable bonds is 8. The molecule has 37 heavy (non-hydrogen) atoms. The summed E-state index contributed by atoms with van der Waals surface area (Å²) in [5.74, 6) is 1.07. The molecule has 2 aromatic carbocycles. The molecular weight excluding hydrogens is 486 g/mol. The number of primary amides is 1. The summed E-state index contributed by atoms with van der Waals surface area (Å²) in [6.45, 7) is 5.74. The Labute approximate surface area is 219 Å². The van der Waals surface area contributed by atoms with Crippen LogP contribution in [0.1, 0.15) is 59.7 Å². The van der Waals surface area contributed by atoms with E-state index in [0.29, 0.717) is 30.5 Å². The number of benzene rings is 2. The molecule has 5 rings (SSSR count). The minimum Gasteiger partial charge on any atom is -0.384 e. The van der Waals surface area contributed by atoms with Crippen LogP contribution in [0.25, 0.3) is 22.0 Å². The van der Waals surface area contributed by atoms with E-state index in [1.165, 1.54) is 18.2 Å². The fraction of sp³-hybridized carbons (Fsp3) is 0.483. The summed E-state index contributed by atoms with van der Waals surface area (Å²) in [6.07, 6.45) is 5.64. The van der Waals surface area contributed by atoms with Gasteiger partial charge in [0.2, 0.25) is 10.0 Å². The average Bonchev–Trinajstić information content (AvgIpc) is 3.51. The molecule has 0 spiro atoms. The minimum atomic E-state index is -3.32. The van der Waals surface area contributed by atoms with Gasteiger partial charge in [-0.2, -0.15) is 0 Å². The van der Waals surface area contributed by atoms with Gasteiger partial charge in [0.25, 0.3) is 5.91 Å². The number of methoxy groups -OCH3 is 1. The lowest BCUT2D eigenvalue weighted by atomic mass is 9.88. The largest absolute Gasteiger partial charge is 0.384 e. The number of nitrogens with two attached hydrogens (primary N) is 1. The van der Waals surface area contributed by atoms with Crippen LogP contribution < -0.4 is 5.73 Å². The minimum absolute atomic E-state index is 0.00523. The fourth-order valence-corrected chi connectivity index (χ4v) is 7.42. The Bertz CT molecular complexity index is 1420. The Kier molecular flexibility index (Phi) is 7.18. The number of carbonyl (C=O) groups is 1. The molecule has 2 aliphatic rings. The van der Waals surface area contributed by atoms with Crippen molar-refractivity contribution in [2.75, 3.05) is 32.6 Å². The van der Waals surface area contributed by atoms with E-state index in [4.69, 9.17) is 10.5 Å². The second kappa shape index (κ2) is 10.2. The predicted octanol–water partition coefficient (Wildman–Crippen LogP) is 4.46. The topological polar surface area (TPSA) is 105 Å². The number of amides is 1. The Balaban J connectivity index is 1.45. The molecule has 7 nitrogen and oxygen atoms in total. The molecule has 8 heteroatoms. The number of aromatic nitrogens is 1. The van der Waals surface area contributed by atoms with Crippen molar-refractivity contribution in [3.63, 3.8) is 0 Å². The molecule has 1 atom stereocenters. The Morgan fingerprint density at radius 1 is 1.11 bits per heavy atom. The number of nitrogens with zero attached hydrogens (tertiary/aromatic N) is 1. The quantitative estimate of drug-likeness (QED) is 0.455. The zero-order valence-corrected chi connectivity index (χ0v) is 22.7. The average molecular weight is 524 g/mol. The molecule has 0 radical (unpaired) electrons. The van der Waals surface area contributed by atoms with Crippen LogP contribution in [-0.4, -0.2) is 56.2 Å². The monoisotopic (exact) mass is 523 g/mol. The summed E-state index contributed by atoms with van der Waals surface area (Å²) in [5.41, 5.74) is 13.1. The Morgan fingerprint density at radius 3 is 2.51 bits per heavy atom. The number of nitrogens with one attached hydrogen (secondary N) is 1. The molecule has 1 fully saturated rings. The number of aromatic amines is 1. The first kappa shape index (κ1) is 25.9. The SMILES string of the molecule is COCCS(=O)(=O)N1CCC(c2c[nH]c3c(C(N)=O)cc(-c4ccc5c(c4)CC(C(C)C)C5)cc23)CC1. The molecular formula is C29H37N3O4S. The number of piperidine rings is 1. The number of hydrogen-bond donors (Lipinski definition) is 2. The van der Waals surface area contributed by atoms with Crippen LogP contribution in [0.3, 0.4) is 0 Å². The van der Waals surface area contributed by atoms with Crippen LogP contribution in [0, 0.1) is 11.8 Å². The van der Waals surface area contributed by atoms with Gasteiger partial charge < -0.3 is 15.5 Å². The summed E-state index contributed by atoms with van der Waals surface area (Å²) < 4.78 is 31.7. The molecule has 1 amide bonds. The molecule has 0 bridgehead atoms. The van der Waals surface area contributed by atoms with Gasteiger partial charge in [0.1, 0.15) is 0 Å². The lowest BCUT2D eigenvalue weighted by Gasteiger charge is -2.31. The third kappa shape index (κ3) is 5.07. The number of hydrogen-bond acceptors (Lipinski definition) is 4. The van der Waals surface area contributed by atoms with E-state index in [2.05, 4.69) is 43.1 Å². The highest BCUT2D eigenvalue weighted by Gasteiger charge is 2.30. The van der Waals surface area contributed by atoms with Gasteiger partial charge in [0.15, 0.2) is 0 Å². The van der Waals surface area contributed by atoms with Crippen LogP contribution in [0.15, 0.2) is 36.5 Å². The third-order valence-electron chi connectivity index (χ3n) is 8.37. The van der Waals surface area contributed by atoms with Crippen molar-refractivity contribution >= 4 is 26.8 Å². The summed E-state index contributed by atoms with van der Waals surface area (Å²) in [7, 11) is -1.80. The second-order valence-corrected chi connectivity index (χ2v) is 13.0. The summed E-state index contributed by atoms with van der Waals surface area (Å²) in [5, 5.41) is 0.993. The fourth-order valence-electron chi connectivity index (χ4n) is 6.02. The van der Waals surface area contributed by atoms with E-state index in [-0.39, 0.29) is 18.3 Å². The maximum atomic E-state index is 12.6. The van der Waals surface area contributed by atoms with Crippen LogP contribution in [-0.2, 0) is 27.6 Å². The van der Waals surface area contributed by atoms with Crippen molar-refractivity contribution in [2.24, 2.45) is 17.6 Å². The molecule has 1 saturated heterocycles. The molecule has 1 aliphatic heterocycles. The summed E-state index contributed by atoms with van der Waals surface area (Å²) in [6, 6.07) is 10.7. The Hall–Kier alpha value is -2.68. The summed E-state index contributed by atoms with van der Waals surface area (Å²) in [4.78, 5) is 15.7. The van der Waals surface area contributed by atoms with Crippen LogP contribution in [0.4, 0.5) is 0 Å². The molecule has 1 aliphatic carbocycles. The molecule has 198 valence electrons. The first-order valence-electron chi connectivity index (χ1n) is 13.2. The lowest BCUT2D eigenvalue weighted by molar-refractivity contribution is 0.100. The molecule has 3 N–H and O–H groups in total. The van der Waals surface area contributed by atoms with Gasteiger partial charge in [-0.05, 0) is 83.4 Å².